The second-order valence-corrected chi connectivity index (χ2v) is 9.08. The predicted molar refractivity (Wildman–Crippen MR) is 114 cm³/mol. The number of nitriles is 1. The number of halogens is 4. The SMILES string of the molecule is C[C@]12CN(c3cc(Cl)ncn3)C[C@](C)(O1)c1c2c(O)n(-c2ccc(C#N)c(C(F)(F)F)c2)c1O. The molecule has 0 spiro atoms. The summed E-state index contributed by atoms with van der Waals surface area (Å²) in [6, 6.07) is 6.06. The molecule has 2 aliphatic rings. The van der Waals surface area contributed by atoms with Crippen molar-refractivity contribution in [2.75, 3.05) is 18.0 Å². The van der Waals surface area contributed by atoms with Gasteiger partial charge in [0.05, 0.1) is 47.1 Å². The summed E-state index contributed by atoms with van der Waals surface area (Å²) in [4.78, 5) is 9.99. The number of hydrogen-bond acceptors (Lipinski definition) is 7. The van der Waals surface area contributed by atoms with Gasteiger partial charge in [-0.15, -0.1) is 0 Å². The first-order valence-corrected chi connectivity index (χ1v) is 10.5. The summed E-state index contributed by atoms with van der Waals surface area (Å²) in [5, 5.41) is 31.6. The molecule has 5 rings (SSSR count). The van der Waals surface area contributed by atoms with Crippen molar-refractivity contribution in [1.82, 2.24) is 14.5 Å². The van der Waals surface area contributed by atoms with Crippen LogP contribution in [0.3, 0.4) is 0 Å². The van der Waals surface area contributed by atoms with Crippen LogP contribution in [0.5, 0.6) is 11.8 Å². The molecular formula is C22H17ClF3N5O3. The van der Waals surface area contributed by atoms with Gasteiger partial charge in [0.2, 0.25) is 11.8 Å². The molecule has 2 bridgehead atoms. The number of aromatic nitrogens is 3. The van der Waals surface area contributed by atoms with Crippen LogP contribution in [0.2, 0.25) is 5.15 Å². The maximum Gasteiger partial charge on any atom is 0.417 e. The number of ether oxygens (including phenoxy) is 1. The summed E-state index contributed by atoms with van der Waals surface area (Å²) in [6.45, 7) is 3.88. The van der Waals surface area contributed by atoms with E-state index in [9.17, 15) is 23.4 Å². The summed E-state index contributed by atoms with van der Waals surface area (Å²) in [6.07, 6.45) is -3.47. The number of hydrogen-bond donors (Lipinski definition) is 2. The number of anilines is 1. The van der Waals surface area contributed by atoms with Crippen molar-refractivity contribution >= 4 is 17.4 Å². The third kappa shape index (κ3) is 3.09. The summed E-state index contributed by atoms with van der Waals surface area (Å²) >= 11 is 6.00. The zero-order valence-corrected chi connectivity index (χ0v) is 18.6. The molecule has 8 nitrogen and oxygen atoms in total. The van der Waals surface area contributed by atoms with E-state index in [4.69, 9.17) is 21.6 Å². The molecule has 1 fully saturated rings. The van der Waals surface area contributed by atoms with Gasteiger partial charge in [0, 0.05) is 6.07 Å². The topological polar surface area (TPSA) is 107 Å². The minimum atomic E-state index is -4.79. The Balaban J connectivity index is 1.65. The molecule has 0 saturated carbocycles. The lowest BCUT2D eigenvalue weighted by molar-refractivity contribution is -0.139. The highest BCUT2D eigenvalue weighted by molar-refractivity contribution is 6.29. The molecule has 0 unspecified atom stereocenters. The summed E-state index contributed by atoms with van der Waals surface area (Å²) in [7, 11) is 0. The maximum absolute atomic E-state index is 13.5. The quantitative estimate of drug-likeness (QED) is 0.517. The van der Waals surface area contributed by atoms with Gasteiger partial charge in [-0.1, -0.05) is 11.6 Å². The predicted octanol–water partition coefficient (Wildman–Crippen LogP) is 4.20. The first kappa shape index (κ1) is 22.3. The van der Waals surface area contributed by atoms with Gasteiger partial charge in [-0.3, -0.25) is 4.57 Å². The fraction of sp³-hybridized carbons (Fsp3) is 0.318. The van der Waals surface area contributed by atoms with Crippen LogP contribution in [0.1, 0.15) is 36.1 Å². The molecule has 34 heavy (non-hydrogen) atoms. The van der Waals surface area contributed by atoms with Crippen molar-refractivity contribution in [2.45, 2.75) is 31.2 Å². The van der Waals surface area contributed by atoms with E-state index in [0.717, 1.165) is 16.7 Å². The Hall–Kier alpha value is -3.49. The normalized spacial score (nSPS) is 23.6. The van der Waals surface area contributed by atoms with Gasteiger partial charge in [0.25, 0.3) is 0 Å². The Morgan fingerprint density at radius 3 is 2.24 bits per heavy atom. The Morgan fingerprint density at radius 1 is 1.09 bits per heavy atom. The van der Waals surface area contributed by atoms with Crippen LogP contribution < -0.4 is 4.90 Å². The van der Waals surface area contributed by atoms with Crippen LogP contribution in [0.4, 0.5) is 19.0 Å². The van der Waals surface area contributed by atoms with Gasteiger partial charge < -0.3 is 19.8 Å². The lowest BCUT2D eigenvalue weighted by atomic mass is 9.94. The first-order chi connectivity index (χ1) is 15.9. The van der Waals surface area contributed by atoms with Crippen LogP contribution in [-0.4, -0.2) is 37.8 Å². The second kappa shape index (κ2) is 7.01. The highest BCUT2D eigenvalue weighted by Gasteiger charge is 2.59. The monoisotopic (exact) mass is 491 g/mol. The standard InChI is InChI=1S/C22H17ClF3N5O3/c1-20-8-30(15-6-14(23)28-10-29-15)9-21(2,34-20)17-16(20)18(32)31(19(17)33)12-4-3-11(7-27)13(5-12)22(24,25)26/h3-6,10,32-33H,8-9H2,1-2H3/t20-,21+. The van der Waals surface area contributed by atoms with Crippen molar-refractivity contribution in [3.63, 3.8) is 0 Å². The van der Waals surface area contributed by atoms with Gasteiger partial charge in [-0.25, -0.2) is 9.97 Å². The molecule has 3 aromatic rings. The van der Waals surface area contributed by atoms with Gasteiger partial charge in [0.1, 0.15) is 28.5 Å². The van der Waals surface area contributed by atoms with Crippen LogP contribution in [-0.2, 0) is 22.1 Å². The number of fused-ring (bicyclic) bond motifs is 5. The van der Waals surface area contributed by atoms with Crippen molar-refractivity contribution in [3.05, 3.63) is 58.0 Å². The largest absolute Gasteiger partial charge is 0.494 e. The lowest BCUT2D eigenvalue weighted by Gasteiger charge is -2.44. The van der Waals surface area contributed by atoms with E-state index in [2.05, 4.69) is 9.97 Å². The van der Waals surface area contributed by atoms with E-state index in [1.165, 1.54) is 18.5 Å². The molecule has 1 saturated heterocycles. The Bertz CT molecular complexity index is 1340. The fourth-order valence-corrected chi connectivity index (χ4v) is 5.20. The van der Waals surface area contributed by atoms with E-state index >= 15 is 0 Å². The molecule has 2 atom stereocenters. The molecular weight excluding hydrogens is 475 g/mol. The molecule has 2 aromatic heterocycles. The first-order valence-electron chi connectivity index (χ1n) is 10.1. The molecule has 1 aromatic carbocycles. The number of alkyl halides is 3. The number of aromatic hydroxyl groups is 2. The number of rotatable bonds is 2. The fourth-order valence-electron chi connectivity index (χ4n) is 5.06. The Kier molecular flexibility index (Phi) is 4.60. The van der Waals surface area contributed by atoms with Crippen LogP contribution >= 0.6 is 11.6 Å². The van der Waals surface area contributed by atoms with Crippen molar-refractivity contribution in [1.29, 1.82) is 5.26 Å². The molecule has 12 heteroatoms. The van der Waals surface area contributed by atoms with Crippen LogP contribution in [0.15, 0.2) is 30.6 Å². The van der Waals surface area contributed by atoms with Crippen molar-refractivity contribution in [3.8, 4) is 23.5 Å². The summed E-state index contributed by atoms with van der Waals surface area (Å²) in [5.74, 6) is -0.363. The van der Waals surface area contributed by atoms with Crippen molar-refractivity contribution in [2.24, 2.45) is 0 Å². The lowest BCUT2D eigenvalue weighted by Crippen LogP contribution is -2.52. The van der Waals surface area contributed by atoms with Gasteiger partial charge in [0.15, 0.2) is 0 Å². The average Bonchev–Trinajstić information content (AvgIpc) is 3.12. The third-order valence-electron chi connectivity index (χ3n) is 6.24. The number of nitrogens with zero attached hydrogens (tertiary/aromatic N) is 5. The molecule has 2 N–H and O–H groups in total. The van der Waals surface area contributed by atoms with E-state index in [0.29, 0.717) is 5.82 Å². The van der Waals surface area contributed by atoms with Crippen LogP contribution in [0, 0.1) is 11.3 Å². The summed E-state index contributed by atoms with van der Waals surface area (Å²) < 4.78 is 47.7. The molecule has 0 amide bonds. The maximum atomic E-state index is 13.5. The number of morpholine rings is 1. The summed E-state index contributed by atoms with van der Waals surface area (Å²) in [5.41, 5.74) is -3.56. The van der Waals surface area contributed by atoms with Crippen LogP contribution in [0.25, 0.3) is 5.69 Å². The molecule has 2 aliphatic heterocycles. The minimum Gasteiger partial charge on any atom is -0.494 e. The smallest absolute Gasteiger partial charge is 0.417 e. The molecule has 176 valence electrons. The van der Waals surface area contributed by atoms with E-state index < -0.39 is 40.3 Å². The van der Waals surface area contributed by atoms with Gasteiger partial charge in [-0.05, 0) is 32.0 Å². The highest BCUT2D eigenvalue weighted by Crippen LogP contribution is 2.59. The van der Waals surface area contributed by atoms with Gasteiger partial charge in [-0.2, -0.15) is 18.4 Å². The van der Waals surface area contributed by atoms with E-state index in [1.54, 1.807) is 19.9 Å². The molecule has 0 radical (unpaired) electrons. The van der Waals surface area contributed by atoms with Gasteiger partial charge >= 0.3 is 6.18 Å². The minimum absolute atomic E-state index is 0.138. The zero-order valence-electron chi connectivity index (χ0n) is 17.9. The molecule has 4 heterocycles. The Morgan fingerprint density at radius 2 is 1.71 bits per heavy atom. The van der Waals surface area contributed by atoms with E-state index in [1.807, 2.05) is 4.90 Å². The third-order valence-corrected chi connectivity index (χ3v) is 6.45. The average molecular weight is 492 g/mol. The Labute approximate surface area is 196 Å². The second-order valence-electron chi connectivity index (χ2n) is 8.69. The van der Waals surface area contributed by atoms with E-state index in [-0.39, 0.29) is 35.1 Å². The van der Waals surface area contributed by atoms with Crippen molar-refractivity contribution < 1.29 is 28.1 Å². The number of benzene rings is 1. The molecule has 0 aliphatic carbocycles. The highest BCUT2D eigenvalue weighted by atomic mass is 35.5. The zero-order chi connectivity index (χ0) is 24.6.